The first-order chi connectivity index (χ1) is 15.3. The van der Waals surface area contributed by atoms with Gasteiger partial charge in [-0.25, -0.2) is 0 Å². The van der Waals surface area contributed by atoms with Gasteiger partial charge in [-0.05, 0) is 29.8 Å². The lowest BCUT2D eigenvalue weighted by molar-refractivity contribution is 0.103. The van der Waals surface area contributed by atoms with Crippen LogP contribution in [0, 0.1) is 11.3 Å². The minimum absolute atomic E-state index is 0.0812. The average Bonchev–Trinajstić information content (AvgIpc) is 3.11. The Bertz CT molecular complexity index is 1250. The van der Waals surface area contributed by atoms with E-state index in [-0.39, 0.29) is 18.1 Å². The van der Waals surface area contributed by atoms with Gasteiger partial charge in [0.15, 0.2) is 17.3 Å². The number of rotatable bonds is 7. The Morgan fingerprint density at radius 3 is 2.53 bits per heavy atom. The molecule has 0 amide bonds. The van der Waals surface area contributed by atoms with Crippen molar-refractivity contribution in [3.8, 4) is 17.6 Å². The van der Waals surface area contributed by atoms with Crippen LogP contribution in [0.25, 0.3) is 10.9 Å². The molecule has 166 valence electrons. The Kier molecular flexibility index (Phi) is 5.68. The summed E-state index contributed by atoms with van der Waals surface area (Å²) in [5, 5.41) is 20.7. The predicted molar refractivity (Wildman–Crippen MR) is 120 cm³/mol. The first-order valence-electron chi connectivity index (χ1n) is 10.4. The zero-order chi connectivity index (χ0) is 23.0. The molecule has 0 saturated carbocycles. The van der Waals surface area contributed by atoms with Gasteiger partial charge in [0.1, 0.15) is 6.61 Å². The number of hydrogen-bond acceptors (Lipinski definition) is 6. The zero-order valence-corrected chi connectivity index (χ0v) is 18.7. The lowest BCUT2D eigenvalue weighted by Crippen LogP contribution is -2.33. The number of phenols is 1. The number of ether oxygens (including phenoxy) is 3. The van der Waals surface area contributed by atoms with E-state index in [0.29, 0.717) is 42.2 Å². The summed E-state index contributed by atoms with van der Waals surface area (Å²) in [6.45, 7) is 5.79. The molecule has 0 spiro atoms. The first-order valence-corrected chi connectivity index (χ1v) is 10.4. The fourth-order valence-electron chi connectivity index (χ4n) is 4.60. The van der Waals surface area contributed by atoms with Crippen molar-refractivity contribution in [2.24, 2.45) is 0 Å². The number of aromatic hydroxyl groups is 1. The van der Waals surface area contributed by atoms with Crippen molar-refractivity contribution in [2.45, 2.75) is 25.8 Å². The van der Waals surface area contributed by atoms with Crippen LogP contribution in [0.5, 0.6) is 11.5 Å². The number of fused-ring (bicyclic) bond motifs is 4. The number of carbonyl (C=O) groups excluding carboxylic acids is 1. The molecule has 1 aliphatic carbocycles. The van der Waals surface area contributed by atoms with Gasteiger partial charge in [0.2, 0.25) is 0 Å². The van der Waals surface area contributed by atoms with Crippen molar-refractivity contribution in [1.82, 2.24) is 4.57 Å². The SMILES string of the molecule is COCCOc1cc2c(cc1O)C(=O)c1c(n(CCOC)c3cc(C#N)ccc13)C2(C)C. The maximum Gasteiger partial charge on any atom is 0.195 e. The molecule has 0 unspecified atom stereocenters. The fraction of sp³-hybridized carbons (Fsp3) is 0.360. The standard InChI is InChI=1S/C25H26N2O5/c1-25(2)18-13-21(32-10-9-31-4)20(28)12-17(18)23(29)22-16-6-5-15(14-26)11-19(16)27(24(22)25)7-8-30-3/h5-6,11-13,28H,7-10H2,1-4H3. The quantitative estimate of drug-likeness (QED) is 0.569. The molecule has 4 rings (SSSR count). The molecule has 1 heterocycles. The Hall–Kier alpha value is -3.34. The number of ketones is 1. The van der Waals surface area contributed by atoms with E-state index < -0.39 is 5.41 Å². The Balaban J connectivity index is 1.97. The molecule has 3 aromatic rings. The number of nitrogens with zero attached hydrogens (tertiary/aromatic N) is 2. The van der Waals surface area contributed by atoms with E-state index in [1.165, 1.54) is 6.07 Å². The molecule has 7 heteroatoms. The van der Waals surface area contributed by atoms with Gasteiger partial charge in [0.25, 0.3) is 0 Å². The van der Waals surface area contributed by atoms with Crippen molar-refractivity contribution >= 4 is 16.7 Å². The third-order valence-electron chi connectivity index (χ3n) is 6.09. The van der Waals surface area contributed by atoms with Gasteiger partial charge < -0.3 is 23.9 Å². The summed E-state index contributed by atoms with van der Waals surface area (Å²) in [5.74, 6) is 0.0812. The van der Waals surface area contributed by atoms with Crippen molar-refractivity contribution < 1.29 is 24.1 Å². The summed E-state index contributed by atoms with van der Waals surface area (Å²) in [7, 11) is 3.22. The molecule has 0 atom stereocenters. The molecule has 1 aliphatic rings. The van der Waals surface area contributed by atoms with Crippen LogP contribution >= 0.6 is 0 Å². The number of hydrogen-bond donors (Lipinski definition) is 1. The van der Waals surface area contributed by atoms with E-state index in [0.717, 1.165) is 22.2 Å². The van der Waals surface area contributed by atoms with Gasteiger partial charge in [-0.2, -0.15) is 5.26 Å². The molecule has 1 N–H and O–H groups in total. The Labute approximate surface area is 186 Å². The topological polar surface area (TPSA) is 93.7 Å². The van der Waals surface area contributed by atoms with E-state index in [9.17, 15) is 15.2 Å². The van der Waals surface area contributed by atoms with Crippen molar-refractivity contribution in [1.29, 1.82) is 5.26 Å². The van der Waals surface area contributed by atoms with Gasteiger partial charge in [-0.1, -0.05) is 19.9 Å². The first kappa shape index (κ1) is 21.9. The van der Waals surface area contributed by atoms with Gasteiger partial charge >= 0.3 is 0 Å². The van der Waals surface area contributed by atoms with E-state index in [2.05, 4.69) is 24.5 Å². The van der Waals surface area contributed by atoms with Crippen LogP contribution in [0.4, 0.5) is 0 Å². The minimum Gasteiger partial charge on any atom is -0.504 e. The molecule has 32 heavy (non-hydrogen) atoms. The summed E-state index contributed by atoms with van der Waals surface area (Å²) in [6.07, 6.45) is 0. The summed E-state index contributed by atoms with van der Waals surface area (Å²) in [5.41, 5.74) is 3.49. The molecule has 1 aromatic heterocycles. The highest BCUT2D eigenvalue weighted by Gasteiger charge is 2.42. The van der Waals surface area contributed by atoms with E-state index >= 15 is 0 Å². The maximum atomic E-state index is 13.7. The number of methoxy groups -OCH3 is 2. The molecule has 0 bridgehead atoms. The lowest BCUT2D eigenvalue weighted by Gasteiger charge is -2.34. The summed E-state index contributed by atoms with van der Waals surface area (Å²) < 4.78 is 18.1. The van der Waals surface area contributed by atoms with E-state index in [1.54, 1.807) is 26.4 Å². The van der Waals surface area contributed by atoms with Gasteiger partial charge in [0, 0.05) is 42.8 Å². The molecule has 0 radical (unpaired) electrons. The highest BCUT2D eigenvalue weighted by atomic mass is 16.5. The highest BCUT2D eigenvalue weighted by molar-refractivity contribution is 6.20. The fourth-order valence-corrected chi connectivity index (χ4v) is 4.60. The molecular weight excluding hydrogens is 408 g/mol. The summed E-state index contributed by atoms with van der Waals surface area (Å²) >= 11 is 0. The van der Waals surface area contributed by atoms with Gasteiger partial charge in [-0.3, -0.25) is 4.79 Å². The third-order valence-corrected chi connectivity index (χ3v) is 6.09. The Morgan fingerprint density at radius 1 is 1.09 bits per heavy atom. The van der Waals surface area contributed by atoms with Crippen molar-refractivity contribution in [3.63, 3.8) is 0 Å². The molecular formula is C25H26N2O5. The maximum absolute atomic E-state index is 13.7. The number of benzene rings is 2. The van der Waals surface area contributed by atoms with Crippen LogP contribution in [0.1, 0.15) is 46.6 Å². The van der Waals surface area contributed by atoms with Crippen LogP contribution in [0.2, 0.25) is 0 Å². The molecule has 0 fully saturated rings. The number of nitriles is 1. The normalized spacial score (nSPS) is 14.2. The zero-order valence-electron chi connectivity index (χ0n) is 18.7. The second-order valence-corrected chi connectivity index (χ2v) is 8.37. The average molecular weight is 434 g/mol. The van der Waals surface area contributed by atoms with Crippen LogP contribution in [-0.4, -0.2) is 49.5 Å². The number of aromatic nitrogens is 1. The smallest absolute Gasteiger partial charge is 0.195 e. The molecule has 2 aromatic carbocycles. The molecule has 0 aliphatic heterocycles. The van der Waals surface area contributed by atoms with Crippen LogP contribution < -0.4 is 4.74 Å². The van der Waals surface area contributed by atoms with Crippen molar-refractivity contribution in [2.75, 3.05) is 34.0 Å². The largest absolute Gasteiger partial charge is 0.504 e. The summed E-state index contributed by atoms with van der Waals surface area (Å²) in [4.78, 5) is 13.7. The molecule has 0 saturated heterocycles. The highest BCUT2D eigenvalue weighted by Crippen LogP contribution is 2.48. The minimum atomic E-state index is -0.564. The summed E-state index contributed by atoms with van der Waals surface area (Å²) in [6, 6.07) is 10.8. The van der Waals surface area contributed by atoms with E-state index in [4.69, 9.17) is 14.2 Å². The lowest BCUT2D eigenvalue weighted by atomic mass is 9.71. The van der Waals surface area contributed by atoms with Crippen molar-refractivity contribution in [3.05, 3.63) is 58.3 Å². The molecule has 7 nitrogen and oxygen atoms in total. The Morgan fingerprint density at radius 2 is 1.84 bits per heavy atom. The van der Waals surface area contributed by atoms with Gasteiger partial charge in [0.05, 0.1) is 35.9 Å². The van der Waals surface area contributed by atoms with Crippen LogP contribution in [0.3, 0.4) is 0 Å². The second-order valence-electron chi connectivity index (χ2n) is 8.37. The predicted octanol–water partition coefficient (Wildman–Crippen LogP) is 3.76. The number of carbonyl (C=O) groups is 1. The van der Waals surface area contributed by atoms with Crippen LogP contribution in [0.15, 0.2) is 30.3 Å². The second kappa shape index (κ2) is 8.30. The third kappa shape index (κ3) is 3.32. The van der Waals surface area contributed by atoms with Crippen LogP contribution in [-0.2, 0) is 21.4 Å². The number of phenolic OH excluding ortho intramolecular Hbond substituents is 1. The van der Waals surface area contributed by atoms with Gasteiger partial charge in [-0.15, -0.1) is 0 Å². The van der Waals surface area contributed by atoms with E-state index in [1.807, 2.05) is 12.1 Å². The monoisotopic (exact) mass is 434 g/mol.